The summed E-state index contributed by atoms with van der Waals surface area (Å²) in [4.78, 5) is 35.4. The van der Waals surface area contributed by atoms with Gasteiger partial charge in [0.25, 0.3) is 5.56 Å². The second-order valence-corrected chi connectivity index (χ2v) is 11.1. The van der Waals surface area contributed by atoms with Gasteiger partial charge < -0.3 is 4.74 Å². The Morgan fingerprint density at radius 3 is 2.76 bits per heavy atom. The van der Waals surface area contributed by atoms with Crippen LogP contribution in [0.1, 0.15) is 61.1 Å². The number of thiophene rings is 1. The molecule has 0 radical (unpaired) electrons. The van der Waals surface area contributed by atoms with Gasteiger partial charge in [-0.1, -0.05) is 61.4 Å². The van der Waals surface area contributed by atoms with E-state index in [9.17, 15) is 9.59 Å². The molecule has 34 heavy (non-hydrogen) atoms. The van der Waals surface area contributed by atoms with Crippen molar-refractivity contribution in [2.75, 3.05) is 18.9 Å². The molecular weight excluding hydrogens is 466 g/mol. The fourth-order valence-corrected chi connectivity index (χ4v) is 7.32. The Bertz CT molecular complexity index is 1220. The van der Waals surface area contributed by atoms with E-state index in [2.05, 4.69) is 29.2 Å². The van der Waals surface area contributed by atoms with Crippen LogP contribution in [0.25, 0.3) is 10.2 Å². The summed E-state index contributed by atoms with van der Waals surface area (Å²) in [5.74, 6) is -0.0897. The van der Waals surface area contributed by atoms with Gasteiger partial charge in [-0.15, -0.1) is 11.3 Å². The fourth-order valence-electron chi connectivity index (χ4n) is 5.16. The average molecular weight is 498 g/mol. The van der Waals surface area contributed by atoms with Crippen LogP contribution in [0.3, 0.4) is 0 Å². The topological polar surface area (TPSA) is 64.4 Å². The second-order valence-electron chi connectivity index (χ2n) is 9.09. The molecule has 2 aromatic heterocycles. The van der Waals surface area contributed by atoms with E-state index in [1.165, 1.54) is 34.2 Å². The molecule has 1 saturated carbocycles. The van der Waals surface area contributed by atoms with Crippen LogP contribution in [0.5, 0.6) is 0 Å². The molecular formula is C26H31N3O3S2. The van der Waals surface area contributed by atoms with Crippen molar-refractivity contribution < 1.29 is 9.53 Å². The van der Waals surface area contributed by atoms with Crippen LogP contribution >= 0.6 is 23.1 Å². The first-order chi connectivity index (χ1) is 16.6. The van der Waals surface area contributed by atoms with Crippen LogP contribution < -0.4 is 5.56 Å². The van der Waals surface area contributed by atoms with E-state index in [1.54, 1.807) is 11.3 Å². The van der Waals surface area contributed by atoms with Crippen molar-refractivity contribution in [2.45, 2.75) is 69.7 Å². The lowest BCUT2D eigenvalue weighted by atomic mass is 9.95. The first kappa shape index (κ1) is 23.6. The predicted molar refractivity (Wildman–Crippen MR) is 138 cm³/mol. The standard InChI is InChI=1S/C26H31N3O3S2/c1-2-32-22(30)17-33-26-27-24-23(25(31)29(26)19-11-7-4-8-12-19)20-13-14-28(16-21(20)34-24)15-18-9-5-3-6-10-18/h3,5-6,9-10,19H,2,4,7-8,11-17H2,1H3. The molecule has 1 fully saturated rings. The van der Waals surface area contributed by atoms with Crippen molar-refractivity contribution in [2.24, 2.45) is 0 Å². The maximum absolute atomic E-state index is 13.9. The number of esters is 1. The Morgan fingerprint density at radius 2 is 2.00 bits per heavy atom. The summed E-state index contributed by atoms with van der Waals surface area (Å²) in [5, 5.41) is 1.47. The Balaban J connectivity index is 1.48. The molecule has 0 unspecified atom stereocenters. The third kappa shape index (κ3) is 4.95. The van der Waals surface area contributed by atoms with Crippen LogP contribution in [-0.4, -0.2) is 39.3 Å². The summed E-state index contributed by atoms with van der Waals surface area (Å²) < 4.78 is 7.03. The second kappa shape index (κ2) is 10.6. The highest BCUT2D eigenvalue weighted by atomic mass is 32.2. The molecule has 6 nitrogen and oxygen atoms in total. The highest BCUT2D eigenvalue weighted by Crippen LogP contribution is 2.36. The molecule has 0 N–H and O–H groups in total. The van der Waals surface area contributed by atoms with Gasteiger partial charge in [-0.2, -0.15) is 0 Å². The van der Waals surface area contributed by atoms with E-state index >= 15 is 0 Å². The van der Waals surface area contributed by atoms with Gasteiger partial charge >= 0.3 is 5.97 Å². The molecule has 1 aliphatic heterocycles. The highest BCUT2D eigenvalue weighted by Gasteiger charge is 2.28. The lowest BCUT2D eigenvalue weighted by Gasteiger charge is -2.27. The lowest BCUT2D eigenvalue weighted by Crippen LogP contribution is -2.31. The van der Waals surface area contributed by atoms with E-state index in [1.807, 2.05) is 17.6 Å². The minimum absolute atomic E-state index is 0.0808. The Kier molecular flexibility index (Phi) is 7.37. The number of benzene rings is 1. The first-order valence-corrected chi connectivity index (χ1v) is 14.1. The average Bonchev–Trinajstić information content (AvgIpc) is 3.22. The van der Waals surface area contributed by atoms with Crippen molar-refractivity contribution in [1.29, 1.82) is 0 Å². The van der Waals surface area contributed by atoms with Gasteiger partial charge in [0.05, 0.1) is 17.7 Å². The van der Waals surface area contributed by atoms with E-state index < -0.39 is 0 Å². The number of nitrogens with zero attached hydrogens (tertiary/aromatic N) is 3. The number of hydrogen-bond donors (Lipinski definition) is 0. The number of fused-ring (bicyclic) bond motifs is 3. The molecule has 8 heteroatoms. The molecule has 1 aliphatic carbocycles. The molecule has 0 saturated heterocycles. The van der Waals surface area contributed by atoms with Gasteiger partial charge in [0, 0.05) is 30.6 Å². The SMILES string of the molecule is CCOC(=O)CSc1nc2sc3c(c2c(=O)n1C1CCCCC1)CCN(Cc1ccccc1)C3. The minimum Gasteiger partial charge on any atom is -0.465 e. The van der Waals surface area contributed by atoms with Crippen LogP contribution in [0.15, 0.2) is 40.3 Å². The number of hydrogen-bond acceptors (Lipinski definition) is 7. The summed E-state index contributed by atoms with van der Waals surface area (Å²) in [6.45, 7) is 4.87. The zero-order chi connectivity index (χ0) is 23.5. The maximum Gasteiger partial charge on any atom is 0.316 e. The minimum atomic E-state index is -0.265. The summed E-state index contributed by atoms with van der Waals surface area (Å²) in [5.41, 5.74) is 2.58. The molecule has 180 valence electrons. The molecule has 1 aromatic carbocycles. The van der Waals surface area contributed by atoms with Gasteiger partial charge in [0.15, 0.2) is 5.16 Å². The highest BCUT2D eigenvalue weighted by molar-refractivity contribution is 7.99. The smallest absolute Gasteiger partial charge is 0.316 e. The summed E-state index contributed by atoms with van der Waals surface area (Å²) in [6.07, 6.45) is 6.35. The van der Waals surface area contributed by atoms with Crippen LogP contribution in [0.2, 0.25) is 0 Å². The monoisotopic (exact) mass is 497 g/mol. The molecule has 0 atom stereocenters. The van der Waals surface area contributed by atoms with Crippen LogP contribution in [0.4, 0.5) is 0 Å². The quantitative estimate of drug-likeness (QED) is 0.255. The number of ether oxygens (including phenoxy) is 1. The van der Waals surface area contributed by atoms with Crippen molar-refractivity contribution in [3.63, 3.8) is 0 Å². The number of rotatable bonds is 7. The molecule has 3 heterocycles. The third-order valence-corrected chi connectivity index (χ3v) is 8.80. The van der Waals surface area contributed by atoms with Crippen LogP contribution in [0, 0.1) is 0 Å². The summed E-state index contributed by atoms with van der Waals surface area (Å²) in [6, 6.07) is 10.7. The molecule has 0 amide bonds. The van der Waals surface area contributed by atoms with E-state index in [-0.39, 0.29) is 23.3 Å². The van der Waals surface area contributed by atoms with Gasteiger partial charge in [-0.3, -0.25) is 19.1 Å². The van der Waals surface area contributed by atoms with Gasteiger partial charge in [-0.05, 0) is 37.3 Å². The van der Waals surface area contributed by atoms with E-state index in [4.69, 9.17) is 9.72 Å². The van der Waals surface area contributed by atoms with Gasteiger partial charge in [-0.25, -0.2) is 4.98 Å². The van der Waals surface area contributed by atoms with Crippen molar-refractivity contribution >= 4 is 39.3 Å². The predicted octanol–water partition coefficient (Wildman–Crippen LogP) is 5.18. The third-order valence-electron chi connectivity index (χ3n) is 6.77. The first-order valence-electron chi connectivity index (χ1n) is 12.3. The molecule has 0 spiro atoms. The fraction of sp³-hybridized carbons (Fsp3) is 0.500. The van der Waals surface area contributed by atoms with Gasteiger partial charge in [0.2, 0.25) is 0 Å². The molecule has 2 aliphatic rings. The molecule has 5 rings (SSSR count). The number of aromatic nitrogens is 2. The summed E-state index contributed by atoms with van der Waals surface area (Å²) in [7, 11) is 0. The van der Waals surface area contributed by atoms with E-state index in [0.717, 1.165) is 62.0 Å². The zero-order valence-corrected chi connectivity index (χ0v) is 21.3. The normalized spacial score (nSPS) is 17.1. The number of carbonyl (C=O) groups is 1. The molecule has 3 aromatic rings. The Morgan fingerprint density at radius 1 is 1.21 bits per heavy atom. The number of thioether (sulfide) groups is 1. The largest absolute Gasteiger partial charge is 0.465 e. The number of carbonyl (C=O) groups excluding carboxylic acids is 1. The Hall–Kier alpha value is -2.16. The maximum atomic E-state index is 13.9. The van der Waals surface area contributed by atoms with Crippen LogP contribution in [-0.2, 0) is 29.0 Å². The van der Waals surface area contributed by atoms with E-state index in [0.29, 0.717) is 11.8 Å². The van der Waals surface area contributed by atoms with Crippen molar-refractivity contribution in [1.82, 2.24) is 14.5 Å². The van der Waals surface area contributed by atoms with Crippen molar-refractivity contribution in [3.8, 4) is 0 Å². The summed E-state index contributed by atoms with van der Waals surface area (Å²) >= 11 is 2.99. The van der Waals surface area contributed by atoms with Gasteiger partial charge in [0.1, 0.15) is 4.83 Å². The lowest BCUT2D eigenvalue weighted by molar-refractivity contribution is -0.139. The zero-order valence-electron chi connectivity index (χ0n) is 19.6. The molecule has 0 bridgehead atoms. The Labute approximate surface area is 208 Å². The van der Waals surface area contributed by atoms with Crippen molar-refractivity contribution in [3.05, 3.63) is 56.7 Å².